The van der Waals surface area contributed by atoms with Crippen LogP contribution in [0.4, 0.5) is 0 Å². The van der Waals surface area contributed by atoms with E-state index in [0.29, 0.717) is 12.2 Å². The van der Waals surface area contributed by atoms with Gasteiger partial charge in [-0.25, -0.2) is 9.97 Å². The number of aryl methyl sites for hydroxylation is 1. The second-order valence-electron chi connectivity index (χ2n) is 2.68. The van der Waals surface area contributed by atoms with E-state index in [4.69, 9.17) is 0 Å². The maximum Gasteiger partial charge on any atom is 0.155 e. The van der Waals surface area contributed by atoms with Gasteiger partial charge >= 0.3 is 0 Å². The van der Waals surface area contributed by atoms with E-state index in [1.165, 1.54) is 0 Å². The van der Waals surface area contributed by atoms with Crippen LogP contribution >= 0.6 is 0 Å². The number of nitrogens with zero attached hydrogens (tertiary/aromatic N) is 2. The largest absolute Gasteiger partial charge is 0.295 e. The molecular formula is C10H12N2O. The Bertz CT molecular complexity index is 331. The number of carbonyl (C=O) groups is 1. The van der Waals surface area contributed by atoms with Crippen molar-refractivity contribution in [3.63, 3.8) is 0 Å². The van der Waals surface area contributed by atoms with E-state index in [0.717, 1.165) is 5.69 Å². The lowest BCUT2D eigenvalue weighted by Crippen LogP contribution is -1.90. The molecule has 0 fully saturated rings. The van der Waals surface area contributed by atoms with E-state index >= 15 is 0 Å². The SMILES string of the molecule is CCC(=O)/C=C/c1ccnc(C)n1. The van der Waals surface area contributed by atoms with E-state index in [9.17, 15) is 4.79 Å². The lowest BCUT2D eigenvalue weighted by atomic mass is 10.2. The zero-order chi connectivity index (χ0) is 9.68. The van der Waals surface area contributed by atoms with Crippen molar-refractivity contribution in [3.8, 4) is 0 Å². The van der Waals surface area contributed by atoms with Gasteiger partial charge in [0.15, 0.2) is 5.78 Å². The van der Waals surface area contributed by atoms with Crippen molar-refractivity contribution in [1.82, 2.24) is 9.97 Å². The first-order chi connectivity index (χ1) is 6.22. The third-order valence-electron chi connectivity index (χ3n) is 1.59. The molecule has 0 spiro atoms. The topological polar surface area (TPSA) is 42.9 Å². The Morgan fingerprint density at radius 3 is 3.00 bits per heavy atom. The van der Waals surface area contributed by atoms with Crippen LogP contribution in [0.1, 0.15) is 24.9 Å². The first-order valence-corrected chi connectivity index (χ1v) is 4.23. The smallest absolute Gasteiger partial charge is 0.155 e. The van der Waals surface area contributed by atoms with Crippen molar-refractivity contribution < 1.29 is 4.79 Å². The number of hydrogen-bond acceptors (Lipinski definition) is 3. The van der Waals surface area contributed by atoms with Crippen molar-refractivity contribution in [1.29, 1.82) is 0 Å². The van der Waals surface area contributed by atoms with E-state index in [1.807, 2.05) is 13.8 Å². The van der Waals surface area contributed by atoms with Crippen molar-refractivity contribution in [2.24, 2.45) is 0 Å². The number of rotatable bonds is 3. The van der Waals surface area contributed by atoms with E-state index < -0.39 is 0 Å². The second-order valence-corrected chi connectivity index (χ2v) is 2.68. The van der Waals surface area contributed by atoms with Crippen molar-refractivity contribution >= 4 is 11.9 Å². The van der Waals surface area contributed by atoms with Gasteiger partial charge in [0.05, 0.1) is 5.69 Å². The summed E-state index contributed by atoms with van der Waals surface area (Å²) in [6.07, 6.45) is 5.46. The molecule has 0 aliphatic rings. The summed E-state index contributed by atoms with van der Waals surface area (Å²) in [4.78, 5) is 19.0. The minimum atomic E-state index is 0.108. The van der Waals surface area contributed by atoms with Gasteiger partial charge in [-0.1, -0.05) is 6.92 Å². The van der Waals surface area contributed by atoms with Gasteiger partial charge in [-0.15, -0.1) is 0 Å². The van der Waals surface area contributed by atoms with Crippen molar-refractivity contribution in [2.75, 3.05) is 0 Å². The molecule has 1 rings (SSSR count). The quantitative estimate of drug-likeness (QED) is 0.659. The number of ketones is 1. The normalized spacial score (nSPS) is 10.6. The highest BCUT2D eigenvalue weighted by molar-refractivity contribution is 5.93. The zero-order valence-electron chi connectivity index (χ0n) is 7.82. The molecule has 0 aromatic carbocycles. The summed E-state index contributed by atoms with van der Waals surface area (Å²) < 4.78 is 0. The Morgan fingerprint density at radius 2 is 2.38 bits per heavy atom. The first kappa shape index (κ1) is 9.58. The van der Waals surface area contributed by atoms with Gasteiger partial charge < -0.3 is 0 Å². The van der Waals surface area contributed by atoms with Gasteiger partial charge in [0.2, 0.25) is 0 Å². The predicted molar refractivity (Wildman–Crippen MR) is 51.1 cm³/mol. The highest BCUT2D eigenvalue weighted by Crippen LogP contribution is 1.98. The molecule has 68 valence electrons. The van der Waals surface area contributed by atoms with E-state index in [1.54, 1.807) is 24.4 Å². The molecular weight excluding hydrogens is 164 g/mol. The molecule has 1 heterocycles. The van der Waals surface area contributed by atoms with Crippen LogP contribution in [0, 0.1) is 6.92 Å². The number of allylic oxidation sites excluding steroid dienone is 1. The van der Waals surface area contributed by atoms with Gasteiger partial charge in [-0.2, -0.15) is 0 Å². The summed E-state index contributed by atoms with van der Waals surface area (Å²) in [5.41, 5.74) is 0.773. The Hall–Kier alpha value is -1.51. The molecule has 3 heteroatoms. The molecule has 1 aromatic rings. The average molecular weight is 176 g/mol. The molecule has 0 bridgehead atoms. The van der Waals surface area contributed by atoms with Crippen LogP contribution in [0.25, 0.3) is 6.08 Å². The van der Waals surface area contributed by atoms with Gasteiger partial charge in [0, 0.05) is 12.6 Å². The molecule has 0 saturated carbocycles. The summed E-state index contributed by atoms with van der Waals surface area (Å²) >= 11 is 0. The van der Waals surface area contributed by atoms with Crippen LogP contribution in [0.2, 0.25) is 0 Å². The van der Waals surface area contributed by atoms with Crippen LogP contribution in [0.5, 0.6) is 0 Å². The number of hydrogen-bond donors (Lipinski definition) is 0. The minimum Gasteiger partial charge on any atom is -0.295 e. The predicted octanol–water partition coefficient (Wildman–Crippen LogP) is 1.78. The van der Waals surface area contributed by atoms with Crippen LogP contribution in [-0.4, -0.2) is 15.8 Å². The summed E-state index contributed by atoms with van der Waals surface area (Å²) in [6, 6.07) is 1.77. The Morgan fingerprint density at radius 1 is 1.62 bits per heavy atom. The summed E-state index contributed by atoms with van der Waals surface area (Å²) in [6.45, 7) is 3.65. The lowest BCUT2D eigenvalue weighted by Gasteiger charge is -1.92. The van der Waals surface area contributed by atoms with Crippen LogP contribution in [-0.2, 0) is 4.79 Å². The van der Waals surface area contributed by atoms with Gasteiger partial charge in [0.25, 0.3) is 0 Å². The summed E-state index contributed by atoms with van der Waals surface area (Å²) in [5, 5.41) is 0. The maximum atomic E-state index is 10.9. The molecule has 0 saturated heterocycles. The zero-order valence-corrected chi connectivity index (χ0v) is 7.82. The summed E-state index contributed by atoms with van der Waals surface area (Å²) in [5.74, 6) is 0.822. The number of carbonyl (C=O) groups excluding carboxylic acids is 1. The molecule has 0 unspecified atom stereocenters. The van der Waals surface area contributed by atoms with Crippen molar-refractivity contribution in [3.05, 3.63) is 29.9 Å². The highest BCUT2D eigenvalue weighted by atomic mass is 16.1. The third kappa shape index (κ3) is 3.15. The average Bonchev–Trinajstić information content (AvgIpc) is 2.14. The Labute approximate surface area is 77.5 Å². The van der Waals surface area contributed by atoms with Gasteiger partial charge in [0.1, 0.15) is 5.82 Å². The minimum absolute atomic E-state index is 0.108. The first-order valence-electron chi connectivity index (χ1n) is 4.23. The summed E-state index contributed by atoms with van der Waals surface area (Å²) in [7, 11) is 0. The molecule has 3 nitrogen and oxygen atoms in total. The third-order valence-corrected chi connectivity index (χ3v) is 1.59. The Balaban J connectivity index is 2.74. The Kier molecular flexibility index (Phi) is 3.31. The maximum absolute atomic E-state index is 10.9. The standard InChI is InChI=1S/C10H12N2O/c1-3-10(13)5-4-9-6-7-11-8(2)12-9/h4-7H,3H2,1-2H3/b5-4+. The molecule has 0 aliphatic carbocycles. The monoisotopic (exact) mass is 176 g/mol. The second kappa shape index (κ2) is 4.50. The van der Waals surface area contributed by atoms with E-state index in [-0.39, 0.29) is 5.78 Å². The fourth-order valence-corrected chi connectivity index (χ4v) is 0.863. The molecule has 0 amide bonds. The molecule has 1 aromatic heterocycles. The van der Waals surface area contributed by atoms with Gasteiger partial charge in [-0.3, -0.25) is 4.79 Å². The van der Waals surface area contributed by atoms with E-state index in [2.05, 4.69) is 9.97 Å². The fraction of sp³-hybridized carbons (Fsp3) is 0.300. The van der Waals surface area contributed by atoms with Crippen LogP contribution in [0.3, 0.4) is 0 Å². The molecule has 0 atom stereocenters. The molecule has 13 heavy (non-hydrogen) atoms. The number of aromatic nitrogens is 2. The van der Waals surface area contributed by atoms with Gasteiger partial charge in [-0.05, 0) is 25.1 Å². The van der Waals surface area contributed by atoms with Crippen LogP contribution in [0.15, 0.2) is 18.3 Å². The molecule has 0 N–H and O–H groups in total. The molecule has 0 aliphatic heterocycles. The lowest BCUT2D eigenvalue weighted by molar-refractivity contribution is -0.114. The van der Waals surface area contributed by atoms with Crippen LogP contribution < -0.4 is 0 Å². The fourth-order valence-electron chi connectivity index (χ4n) is 0.863. The highest BCUT2D eigenvalue weighted by Gasteiger charge is 1.92. The van der Waals surface area contributed by atoms with Crippen molar-refractivity contribution in [2.45, 2.75) is 20.3 Å². The molecule has 0 radical (unpaired) electrons.